The van der Waals surface area contributed by atoms with Gasteiger partial charge >= 0.3 is 5.97 Å². The van der Waals surface area contributed by atoms with E-state index in [4.69, 9.17) is 15.9 Å². The summed E-state index contributed by atoms with van der Waals surface area (Å²) >= 11 is 0. The number of rotatable bonds is 18. The zero-order valence-electron chi connectivity index (χ0n) is 17.3. The van der Waals surface area contributed by atoms with Crippen LogP contribution in [0.25, 0.3) is 0 Å². The van der Waals surface area contributed by atoms with Gasteiger partial charge in [0.1, 0.15) is 6.10 Å². The Morgan fingerprint density at radius 1 is 0.964 bits per heavy atom. The zero-order valence-corrected chi connectivity index (χ0v) is 17.3. The molecule has 7 nitrogen and oxygen atoms in total. The highest BCUT2D eigenvalue weighted by molar-refractivity contribution is 5.79. The van der Waals surface area contributed by atoms with E-state index in [1.807, 2.05) is 6.08 Å². The second-order valence-electron chi connectivity index (χ2n) is 7.72. The Hall–Kier alpha value is -0.990. The Kier molecular flexibility index (Phi) is 15.3. The van der Waals surface area contributed by atoms with Gasteiger partial charge in [-0.2, -0.15) is 0 Å². The SMILES string of the molecule is CCCCCC[C@@H](O)CCCCCC/C=C/C[C@@H](O)[C@H](O)[C@@](N)(CO)C(=O)O. The van der Waals surface area contributed by atoms with Gasteiger partial charge in [-0.05, 0) is 32.1 Å². The number of aliphatic hydroxyl groups is 4. The fourth-order valence-electron chi connectivity index (χ4n) is 3.06. The number of nitrogens with two attached hydrogens (primary N) is 1. The molecule has 0 unspecified atom stereocenters. The number of allylic oxidation sites excluding steroid dienone is 1. The molecular formula is C21H41NO6. The van der Waals surface area contributed by atoms with Crippen LogP contribution >= 0.6 is 0 Å². The van der Waals surface area contributed by atoms with Crippen molar-refractivity contribution in [2.45, 2.75) is 108 Å². The van der Waals surface area contributed by atoms with Crippen LogP contribution in [0.2, 0.25) is 0 Å². The van der Waals surface area contributed by atoms with Crippen LogP contribution in [0.5, 0.6) is 0 Å². The van der Waals surface area contributed by atoms with Gasteiger partial charge in [-0.3, -0.25) is 4.79 Å². The van der Waals surface area contributed by atoms with Crippen LogP contribution in [0.15, 0.2) is 12.2 Å². The maximum Gasteiger partial charge on any atom is 0.328 e. The fourth-order valence-corrected chi connectivity index (χ4v) is 3.06. The first kappa shape index (κ1) is 27.0. The summed E-state index contributed by atoms with van der Waals surface area (Å²) in [6, 6.07) is 0. The molecular weight excluding hydrogens is 362 g/mol. The van der Waals surface area contributed by atoms with Crippen molar-refractivity contribution in [3.05, 3.63) is 12.2 Å². The van der Waals surface area contributed by atoms with Crippen molar-refractivity contribution in [3.63, 3.8) is 0 Å². The molecule has 0 saturated heterocycles. The molecule has 0 aliphatic carbocycles. The fraction of sp³-hybridized carbons (Fsp3) is 0.857. The molecule has 0 aromatic heterocycles. The van der Waals surface area contributed by atoms with Gasteiger partial charge in [0.25, 0.3) is 0 Å². The van der Waals surface area contributed by atoms with E-state index < -0.39 is 30.3 Å². The summed E-state index contributed by atoms with van der Waals surface area (Å²) in [6.45, 7) is 1.22. The zero-order chi connectivity index (χ0) is 21.4. The lowest BCUT2D eigenvalue weighted by Crippen LogP contribution is -2.63. The molecule has 0 saturated carbocycles. The second-order valence-corrected chi connectivity index (χ2v) is 7.72. The standard InChI is InChI=1S/C21H41NO6/c1-2-3-4-10-13-17(24)14-11-8-6-5-7-9-12-15-18(25)19(26)21(22,16-23)20(27)28/h9,12,17-19,23-26H,2-8,10-11,13-16,22H2,1H3,(H,27,28)/b12-9+/t17-,18-,19+,21+/m1/s1. The molecule has 0 aromatic carbocycles. The Bertz CT molecular complexity index is 431. The monoisotopic (exact) mass is 403 g/mol. The van der Waals surface area contributed by atoms with Gasteiger partial charge in [-0.1, -0.05) is 64.0 Å². The summed E-state index contributed by atoms with van der Waals surface area (Å²) in [5.41, 5.74) is 3.17. The van der Waals surface area contributed by atoms with Crippen LogP contribution in [-0.2, 0) is 4.79 Å². The van der Waals surface area contributed by atoms with Crippen molar-refractivity contribution in [2.75, 3.05) is 6.61 Å². The van der Waals surface area contributed by atoms with Gasteiger partial charge < -0.3 is 31.3 Å². The third-order valence-corrected chi connectivity index (χ3v) is 5.15. The second kappa shape index (κ2) is 15.9. The molecule has 4 atom stereocenters. The number of carboxylic acid groups (broad SMARTS) is 1. The lowest BCUT2D eigenvalue weighted by atomic mass is 9.89. The van der Waals surface area contributed by atoms with E-state index in [2.05, 4.69) is 6.92 Å². The summed E-state index contributed by atoms with van der Waals surface area (Å²) < 4.78 is 0. The number of carboxylic acids is 1. The molecule has 7 N–H and O–H groups in total. The minimum atomic E-state index is -2.27. The van der Waals surface area contributed by atoms with E-state index in [-0.39, 0.29) is 12.5 Å². The smallest absolute Gasteiger partial charge is 0.328 e. The molecule has 0 bridgehead atoms. The summed E-state index contributed by atoms with van der Waals surface area (Å²) in [7, 11) is 0. The molecule has 0 aliphatic heterocycles. The minimum absolute atomic E-state index is 0.0671. The molecule has 28 heavy (non-hydrogen) atoms. The van der Waals surface area contributed by atoms with Crippen molar-refractivity contribution >= 4 is 5.97 Å². The Morgan fingerprint density at radius 3 is 2.07 bits per heavy atom. The van der Waals surface area contributed by atoms with Gasteiger partial charge in [0.15, 0.2) is 5.54 Å². The van der Waals surface area contributed by atoms with Gasteiger partial charge in [0, 0.05) is 0 Å². The predicted molar refractivity (Wildman–Crippen MR) is 110 cm³/mol. The Balaban J connectivity index is 3.79. The van der Waals surface area contributed by atoms with Crippen LogP contribution in [0.4, 0.5) is 0 Å². The van der Waals surface area contributed by atoms with Gasteiger partial charge in [0.2, 0.25) is 0 Å². The van der Waals surface area contributed by atoms with Crippen LogP contribution < -0.4 is 5.73 Å². The lowest BCUT2D eigenvalue weighted by molar-refractivity contribution is -0.154. The first-order chi connectivity index (χ1) is 13.3. The van der Waals surface area contributed by atoms with E-state index >= 15 is 0 Å². The molecule has 0 fully saturated rings. The highest BCUT2D eigenvalue weighted by Gasteiger charge is 2.44. The third kappa shape index (κ3) is 11.1. The predicted octanol–water partition coefficient (Wildman–Crippen LogP) is 2.10. The van der Waals surface area contributed by atoms with Crippen LogP contribution in [0.1, 0.15) is 84.0 Å². The largest absolute Gasteiger partial charge is 0.480 e. The quantitative estimate of drug-likeness (QED) is 0.152. The van der Waals surface area contributed by atoms with Gasteiger partial charge in [0.05, 0.1) is 18.8 Å². The number of aliphatic hydroxyl groups excluding tert-OH is 4. The maximum atomic E-state index is 11.0. The summed E-state index contributed by atoms with van der Waals surface area (Å²) in [5, 5.41) is 47.7. The highest BCUT2D eigenvalue weighted by Crippen LogP contribution is 2.15. The number of unbranched alkanes of at least 4 members (excludes halogenated alkanes) is 7. The van der Waals surface area contributed by atoms with Crippen molar-refractivity contribution < 1.29 is 30.3 Å². The van der Waals surface area contributed by atoms with Crippen LogP contribution in [-0.4, -0.2) is 62.0 Å². The molecule has 0 radical (unpaired) electrons. The van der Waals surface area contributed by atoms with E-state index in [1.165, 1.54) is 19.3 Å². The Labute approximate surface area is 169 Å². The molecule has 0 amide bonds. The number of hydrogen-bond donors (Lipinski definition) is 6. The van der Waals surface area contributed by atoms with Crippen molar-refractivity contribution in [1.82, 2.24) is 0 Å². The average molecular weight is 404 g/mol. The topological polar surface area (TPSA) is 144 Å². The average Bonchev–Trinajstić information content (AvgIpc) is 2.68. The number of aliphatic carboxylic acids is 1. The maximum absolute atomic E-state index is 11.0. The van der Waals surface area contributed by atoms with Crippen LogP contribution in [0, 0.1) is 0 Å². The van der Waals surface area contributed by atoms with E-state index in [9.17, 15) is 20.1 Å². The molecule has 7 heteroatoms. The summed E-state index contributed by atoms with van der Waals surface area (Å²) in [5.74, 6) is -1.56. The molecule has 0 aliphatic rings. The summed E-state index contributed by atoms with van der Waals surface area (Å²) in [4.78, 5) is 11.0. The molecule has 0 rings (SSSR count). The first-order valence-corrected chi connectivity index (χ1v) is 10.6. The van der Waals surface area contributed by atoms with E-state index in [1.54, 1.807) is 6.08 Å². The highest BCUT2D eigenvalue weighted by atomic mass is 16.4. The van der Waals surface area contributed by atoms with Crippen molar-refractivity contribution in [2.24, 2.45) is 5.73 Å². The summed E-state index contributed by atoms with van der Waals surface area (Å²) in [6.07, 6.45) is 11.9. The molecule has 0 aromatic rings. The number of carbonyl (C=O) groups is 1. The third-order valence-electron chi connectivity index (χ3n) is 5.15. The van der Waals surface area contributed by atoms with E-state index in [0.717, 1.165) is 51.4 Å². The minimum Gasteiger partial charge on any atom is -0.480 e. The van der Waals surface area contributed by atoms with Gasteiger partial charge in [-0.15, -0.1) is 0 Å². The van der Waals surface area contributed by atoms with E-state index in [0.29, 0.717) is 0 Å². The molecule has 0 spiro atoms. The molecule has 166 valence electrons. The lowest BCUT2D eigenvalue weighted by Gasteiger charge is -2.30. The Morgan fingerprint density at radius 2 is 1.54 bits per heavy atom. The van der Waals surface area contributed by atoms with Gasteiger partial charge in [-0.25, -0.2) is 0 Å². The number of hydrogen-bond acceptors (Lipinski definition) is 6. The van der Waals surface area contributed by atoms with Crippen molar-refractivity contribution in [1.29, 1.82) is 0 Å². The molecule has 0 heterocycles. The first-order valence-electron chi connectivity index (χ1n) is 10.6. The normalized spacial score (nSPS) is 17.4. The van der Waals surface area contributed by atoms with Crippen molar-refractivity contribution in [3.8, 4) is 0 Å². The van der Waals surface area contributed by atoms with Crippen LogP contribution in [0.3, 0.4) is 0 Å².